The largest absolute Gasteiger partial charge is 0.394 e. The van der Waals surface area contributed by atoms with E-state index in [-0.39, 0.29) is 0 Å². The number of nitrogens with zero attached hydrogens (tertiary/aromatic N) is 5. The van der Waals surface area contributed by atoms with Crippen LogP contribution in [0, 0.1) is 0 Å². The lowest BCUT2D eigenvalue weighted by molar-refractivity contribution is -0.178. The molecule has 1 aliphatic rings. The molecule has 0 radical (unpaired) electrons. The number of hydrogen-bond acceptors (Lipinski definition) is 10. The first-order chi connectivity index (χ1) is 14.0. The highest BCUT2D eigenvalue weighted by Gasteiger charge is 2.46. The topological polar surface area (TPSA) is 126 Å². The predicted octanol–water partition coefficient (Wildman–Crippen LogP) is 1.88. The maximum atomic E-state index is 10.9. The molecule has 13 heteroatoms. The molecule has 0 bridgehead atoms. The first kappa shape index (κ1) is 20.9. The first-order valence-electron chi connectivity index (χ1n) is 8.40. The fraction of sp³-hybridized carbons (Fsp3) is 0.375. The number of ether oxygens (including phenoxy) is 1. The zero-order valence-electron chi connectivity index (χ0n) is 14.5. The summed E-state index contributed by atoms with van der Waals surface area (Å²) in [6.07, 6.45) is -1.71. The summed E-state index contributed by atoms with van der Waals surface area (Å²) in [5, 5.41) is 48.4. The summed E-state index contributed by atoms with van der Waals surface area (Å²) in [7, 11) is 0. The molecule has 29 heavy (non-hydrogen) atoms. The Hall–Kier alpha value is -1.31. The van der Waals surface area contributed by atoms with Gasteiger partial charge < -0.3 is 20.1 Å². The van der Waals surface area contributed by atoms with Crippen LogP contribution in [-0.4, -0.2) is 70.9 Å². The molecule has 2 aromatic heterocycles. The number of aromatic nitrogens is 5. The standard InChI is InChI=1S/C16H15Cl2N5O4S2/c17-8-2-1-7(3-9(8)18)29-16-14(26)12(13(25)11(5-24)27-16)23-4-10(20-22-23)15-21-19-6-28-15/h1-4,6,11-14,16,24-26H,5H2/t11-,12+,13+,14-,16-/m1/s1. The number of aliphatic hydroxyl groups is 3. The Bertz CT molecular complexity index is 976. The molecular weight excluding hydrogens is 461 g/mol. The lowest BCUT2D eigenvalue weighted by Gasteiger charge is -2.41. The van der Waals surface area contributed by atoms with E-state index in [0.717, 1.165) is 0 Å². The highest BCUT2D eigenvalue weighted by molar-refractivity contribution is 7.99. The SMILES string of the molecule is OC[C@H]1O[C@H](Sc2ccc(Cl)c(Cl)c2)[C@H](O)[C@@H](n2cc(-c3nncs3)nn2)[C@H]1O. The third kappa shape index (κ3) is 4.28. The molecule has 0 spiro atoms. The van der Waals surface area contributed by atoms with E-state index in [4.69, 9.17) is 27.9 Å². The molecule has 3 heterocycles. The van der Waals surface area contributed by atoms with Crippen LogP contribution in [0.2, 0.25) is 10.0 Å². The van der Waals surface area contributed by atoms with Crippen LogP contribution in [-0.2, 0) is 4.74 Å². The number of thioether (sulfide) groups is 1. The van der Waals surface area contributed by atoms with E-state index in [0.29, 0.717) is 25.6 Å². The molecule has 0 saturated carbocycles. The molecule has 1 aromatic carbocycles. The summed E-state index contributed by atoms with van der Waals surface area (Å²) in [6, 6.07) is 4.15. The predicted molar refractivity (Wildman–Crippen MR) is 108 cm³/mol. The van der Waals surface area contributed by atoms with E-state index in [1.54, 1.807) is 29.9 Å². The van der Waals surface area contributed by atoms with Crippen molar-refractivity contribution in [1.29, 1.82) is 0 Å². The Morgan fingerprint density at radius 3 is 2.69 bits per heavy atom. The molecule has 3 aromatic rings. The van der Waals surface area contributed by atoms with Crippen LogP contribution >= 0.6 is 46.3 Å². The van der Waals surface area contributed by atoms with E-state index >= 15 is 0 Å². The van der Waals surface area contributed by atoms with Crippen LogP contribution in [0.1, 0.15) is 6.04 Å². The molecule has 1 fully saturated rings. The number of aliphatic hydroxyl groups excluding tert-OH is 3. The van der Waals surface area contributed by atoms with Crippen molar-refractivity contribution < 1.29 is 20.1 Å². The Kier molecular flexibility index (Phi) is 6.37. The minimum absolute atomic E-state index is 0.371. The summed E-state index contributed by atoms with van der Waals surface area (Å²) in [5.41, 5.74) is 1.23. The van der Waals surface area contributed by atoms with Gasteiger partial charge in [-0.3, -0.25) is 0 Å². The number of rotatable bonds is 5. The molecule has 4 rings (SSSR count). The van der Waals surface area contributed by atoms with Gasteiger partial charge in [0.1, 0.15) is 41.0 Å². The Balaban J connectivity index is 1.61. The van der Waals surface area contributed by atoms with Crippen molar-refractivity contribution in [3.8, 4) is 10.7 Å². The van der Waals surface area contributed by atoms with Crippen molar-refractivity contribution in [3.05, 3.63) is 40.0 Å². The highest BCUT2D eigenvalue weighted by Crippen LogP contribution is 2.39. The number of benzene rings is 1. The second kappa shape index (κ2) is 8.82. The zero-order chi connectivity index (χ0) is 20.5. The van der Waals surface area contributed by atoms with E-state index in [9.17, 15) is 15.3 Å². The zero-order valence-corrected chi connectivity index (χ0v) is 17.7. The first-order valence-corrected chi connectivity index (χ1v) is 10.9. The van der Waals surface area contributed by atoms with Crippen LogP contribution in [0.15, 0.2) is 34.8 Å². The van der Waals surface area contributed by atoms with Gasteiger partial charge in [-0.1, -0.05) is 51.5 Å². The van der Waals surface area contributed by atoms with Gasteiger partial charge in [0.15, 0.2) is 5.01 Å². The summed E-state index contributed by atoms with van der Waals surface area (Å²) < 4.78 is 7.08. The smallest absolute Gasteiger partial charge is 0.169 e. The lowest BCUT2D eigenvalue weighted by Crippen LogP contribution is -2.55. The van der Waals surface area contributed by atoms with Crippen LogP contribution in [0.4, 0.5) is 0 Å². The van der Waals surface area contributed by atoms with Crippen molar-refractivity contribution >= 4 is 46.3 Å². The minimum Gasteiger partial charge on any atom is -0.394 e. The molecule has 0 amide bonds. The number of hydrogen-bond donors (Lipinski definition) is 3. The average molecular weight is 476 g/mol. The molecule has 0 unspecified atom stereocenters. The molecule has 3 N–H and O–H groups in total. The van der Waals surface area contributed by atoms with Crippen LogP contribution in [0.5, 0.6) is 0 Å². The normalized spacial score (nSPS) is 27.3. The van der Waals surface area contributed by atoms with Gasteiger partial charge in [0.05, 0.1) is 22.8 Å². The molecule has 5 atom stereocenters. The maximum Gasteiger partial charge on any atom is 0.169 e. The fourth-order valence-electron chi connectivity index (χ4n) is 2.97. The molecule has 1 aliphatic heterocycles. The minimum atomic E-state index is -1.20. The summed E-state index contributed by atoms with van der Waals surface area (Å²) in [6.45, 7) is -0.430. The average Bonchev–Trinajstić information content (AvgIpc) is 3.39. The van der Waals surface area contributed by atoms with Gasteiger partial charge in [0.25, 0.3) is 0 Å². The summed E-state index contributed by atoms with van der Waals surface area (Å²) in [5.74, 6) is 0. The van der Waals surface area contributed by atoms with Gasteiger partial charge in [-0.05, 0) is 18.2 Å². The van der Waals surface area contributed by atoms with Gasteiger partial charge >= 0.3 is 0 Å². The van der Waals surface area contributed by atoms with Crippen molar-refractivity contribution in [1.82, 2.24) is 25.2 Å². The van der Waals surface area contributed by atoms with Crippen LogP contribution in [0.3, 0.4) is 0 Å². The summed E-state index contributed by atoms with van der Waals surface area (Å²) in [4.78, 5) is 0.711. The molecular formula is C16H15Cl2N5O4S2. The van der Waals surface area contributed by atoms with Crippen molar-refractivity contribution in [3.63, 3.8) is 0 Å². The Morgan fingerprint density at radius 1 is 1.17 bits per heavy atom. The molecule has 154 valence electrons. The van der Waals surface area contributed by atoms with Crippen molar-refractivity contribution in [2.45, 2.75) is 34.7 Å². The Morgan fingerprint density at radius 2 is 2.00 bits per heavy atom. The monoisotopic (exact) mass is 475 g/mol. The van der Waals surface area contributed by atoms with Gasteiger partial charge in [-0.15, -0.1) is 15.3 Å². The van der Waals surface area contributed by atoms with Gasteiger partial charge in [-0.2, -0.15) is 0 Å². The maximum absolute atomic E-state index is 10.9. The van der Waals surface area contributed by atoms with E-state index in [1.807, 2.05) is 0 Å². The highest BCUT2D eigenvalue weighted by atomic mass is 35.5. The third-order valence-corrected chi connectivity index (χ3v) is 6.99. The second-order valence-corrected chi connectivity index (χ2v) is 9.04. The molecule has 0 aliphatic carbocycles. The lowest BCUT2D eigenvalue weighted by atomic mass is 9.97. The van der Waals surface area contributed by atoms with Crippen LogP contribution in [0.25, 0.3) is 10.7 Å². The quantitative estimate of drug-likeness (QED) is 0.506. The molecule has 9 nitrogen and oxygen atoms in total. The van der Waals surface area contributed by atoms with Gasteiger partial charge in [0.2, 0.25) is 0 Å². The fourth-order valence-corrected chi connectivity index (χ4v) is 4.93. The van der Waals surface area contributed by atoms with E-state index in [1.165, 1.54) is 27.8 Å². The van der Waals surface area contributed by atoms with E-state index in [2.05, 4.69) is 20.5 Å². The molecule has 1 saturated heterocycles. The van der Waals surface area contributed by atoms with E-state index < -0.39 is 36.4 Å². The van der Waals surface area contributed by atoms with Gasteiger partial charge in [-0.25, -0.2) is 4.68 Å². The van der Waals surface area contributed by atoms with Gasteiger partial charge in [0, 0.05) is 4.90 Å². The third-order valence-electron chi connectivity index (χ3n) is 4.39. The van der Waals surface area contributed by atoms with Crippen LogP contribution < -0.4 is 0 Å². The summed E-state index contributed by atoms with van der Waals surface area (Å²) >= 11 is 14.5. The number of halogens is 2. The second-order valence-electron chi connectivity index (χ2n) is 6.22. The van der Waals surface area contributed by atoms with Crippen molar-refractivity contribution in [2.24, 2.45) is 0 Å². The Labute approximate surface area is 183 Å². The van der Waals surface area contributed by atoms with Crippen molar-refractivity contribution in [2.75, 3.05) is 6.61 Å².